The Bertz CT molecular complexity index is 1140. The maximum atomic E-state index is 12.0. The van der Waals surface area contributed by atoms with Crippen LogP contribution in [0.5, 0.6) is 0 Å². The molecule has 1 aliphatic carbocycles. The minimum Gasteiger partial charge on any atom is -0.369 e. The first kappa shape index (κ1) is 24.2. The summed E-state index contributed by atoms with van der Waals surface area (Å²) in [6.07, 6.45) is 9.42. The zero-order chi connectivity index (χ0) is 24.1. The van der Waals surface area contributed by atoms with E-state index in [1.165, 1.54) is 0 Å². The highest BCUT2D eigenvalue weighted by atomic mass is 35.5. The van der Waals surface area contributed by atoms with E-state index in [4.69, 9.17) is 17.3 Å². The average molecular weight is 482 g/mol. The summed E-state index contributed by atoms with van der Waals surface area (Å²) in [5.41, 5.74) is 8.94. The van der Waals surface area contributed by atoms with Crippen LogP contribution in [0.2, 0.25) is 5.02 Å². The van der Waals surface area contributed by atoms with Crippen molar-refractivity contribution in [3.8, 4) is 0 Å². The van der Waals surface area contributed by atoms with Crippen LogP contribution in [0.25, 0.3) is 0 Å². The number of aryl methyl sites for hydroxylation is 2. The van der Waals surface area contributed by atoms with Crippen molar-refractivity contribution in [3.63, 3.8) is 0 Å². The predicted octanol–water partition coefficient (Wildman–Crippen LogP) is 3.93. The third kappa shape index (κ3) is 5.08. The van der Waals surface area contributed by atoms with Crippen LogP contribution in [0, 0.1) is 0 Å². The van der Waals surface area contributed by atoms with Gasteiger partial charge in [0.25, 0.3) is 0 Å². The second-order valence-electron chi connectivity index (χ2n) is 8.57. The van der Waals surface area contributed by atoms with Crippen LogP contribution in [-0.4, -0.2) is 38.7 Å². The number of nitrogens with one attached hydrogen (secondary N) is 2. The van der Waals surface area contributed by atoms with E-state index in [1.54, 1.807) is 12.4 Å². The predicted molar refractivity (Wildman–Crippen MR) is 134 cm³/mol. The van der Waals surface area contributed by atoms with E-state index in [1.807, 2.05) is 42.9 Å². The number of amides is 1. The Balaban J connectivity index is 0.00000133. The van der Waals surface area contributed by atoms with Gasteiger partial charge in [0.2, 0.25) is 11.9 Å². The van der Waals surface area contributed by atoms with Gasteiger partial charge < -0.3 is 16.4 Å². The van der Waals surface area contributed by atoms with Crippen molar-refractivity contribution in [3.05, 3.63) is 64.7 Å². The summed E-state index contributed by atoms with van der Waals surface area (Å²) in [4.78, 5) is 21.0. The molecule has 9 heteroatoms. The maximum Gasteiger partial charge on any atom is 0.228 e. The molecule has 3 aromatic rings. The minimum absolute atomic E-state index is 0.245. The zero-order valence-electron chi connectivity index (χ0n) is 19.7. The molecule has 1 saturated heterocycles. The molecule has 0 bridgehead atoms. The number of hydrogen-bond donors (Lipinski definition) is 3. The summed E-state index contributed by atoms with van der Waals surface area (Å²) in [6, 6.07) is 8.39. The molecular formula is C25H32ClN7O. The number of carbonyl (C=O) groups excluding carboxylic acids is 1. The molecule has 1 unspecified atom stereocenters. The van der Waals surface area contributed by atoms with Gasteiger partial charge in [-0.2, -0.15) is 5.10 Å². The minimum atomic E-state index is -0.506. The second kappa shape index (κ2) is 10.5. The van der Waals surface area contributed by atoms with Gasteiger partial charge in [0.05, 0.1) is 40.3 Å². The molecule has 8 nitrogen and oxygen atoms in total. The second-order valence-corrected chi connectivity index (χ2v) is 8.98. The fourth-order valence-corrected chi connectivity index (χ4v) is 4.65. The van der Waals surface area contributed by atoms with Crippen LogP contribution < -0.4 is 16.4 Å². The molecule has 2 aliphatic rings. The average Bonchev–Trinajstić information content (AvgIpc) is 3.25. The normalized spacial score (nSPS) is 18.1. The summed E-state index contributed by atoms with van der Waals surface area (Å²) < 4.78 is 1.97. The van der Waals surface area contributed by atoms with Gasteiger partial charge in [-0.25, -0.2) is 9.97 Å². The SMILES string of the molecule is CC.NC(=O)C1(c2ccccc2CCc2nc(Nc3cnn(C4CCNC4)c3)ncc2Cl)CC1. The molecule has 4 N–H and O–H groups in total. The Hall–Kier alpha value is -2.97. The lowest BCUT2D eigenvalue weighted by Gasteiger charge is -2.16. The van der Waals surface area contributed by atoms with Gasteiger partial charge in [-0.1, -0.05) is 49.7 Å². The van der Waals surface area contributed by atoms with Crippen molar-refractivity contribution >= 4 is 29.1 Å². The largest absolute Gasteiger partial charge is 0.369 e. The molecule has 180 valence electrons. The summed E-state index contributed by atoms with van der Waals surface area (Å²) in [6.45, 7) is 5.95. The van der Waals surface area contributed by atoms with Crippen LogP contribution in [0.4, 0.5) is 11.6 Å². The van der Waals surface area contributed by atoms with Crippen LogP contribution >= 0.6 is 11.6 Å². The number of nitrogens with two attached hydrogens (primary N) is 1. The summed E-state index contributed by atoms with van der Waals surface area (Å²) in [5.74, 6) is 0.239. The fourth-order valence-electron chi connectivity index (χ4n) is 4.47. The van der Waals surface area contributed by atoms with Crippen LogP contribution in [0.3, 0.4) is 0 Å². The van der Waals surface area contributed by atoms with E-state index in [0.717, 1.165) is 54.9 Å². The van der Waals surface area contributed by atoms with Gasteiger partial charge in [0.1, 0.15) is 0 Å². The maximum absolute atomic E-state index is 12.0. The molecular weight excluding hydrogens is 450 g/mol. The van der Waals surface area contributed by atoms with Crippen LogP contribution in [0.1, 0.15) is 56.0 Å². The number of hydrogen-bond acceptors (Lipinski definition) is 6. The lowest BCUT2D eigenvalue weighted by atomic mass is 9.88. The van der Waals surface area contributed by atoms with Crippen molar-refractivity contribution in [2.75, 3.05) is 18.4 Å². The molecule has 2 aromatic heterocycles. The van der Waals surface area contributed by atoms with E-state index in [0.29, 0.717) is 29.9 Å². The third-order valence-electron chi connectivity index (χ3n) is 6.47. The van der Waals surface area contributed by atoms with Crippen LogP contribution in [0.15, 0.2) is 42.9 Å². The van der Waals surface area contributed by atoms with Gasteiger partial charge in [-0.05, 0) is 49.8 Å². The lowest BCUT2D eigenvalue weighted by molar-refractivity contribution is -0.120. The molecule has 5 rings (SSSR count). The van der Waals surface area contributed by atoms with Crippen molar-refractivity contribution in [2.24, 2.45) is 5.73 Å². The number of primary amides is 1. The first-order valence-electron chi connectivity index (χ1n) is 12.0. The van der Waals surface area contributed by atoms with E-state index < -0.39 is 5.41 Å². The topological polar surface area (TPSA) is 111 Å². The summed E-state index contributed by atoms with van der Waals surface area (Å²) >= 11 is 6.40. The van der Waals surface area contributed by atoms with Gasteiger partial charge >= 0.3 is 0 Å². The zero-order valence-corrected chi connectivity index (χ0v) is 20.5. The van der Waals surface area contributed by atoms with E-state index in [-0.39, 0.29) is 5.91 Å². The Labute approximate surface area is 205 Å². The molecule has 34 heavy (non-hydrogen) atoms. The highest BCUT2D eigenvalue weighted by Crippen LogP contribution is 2.49. The van der Waals surface area contributed by atoms with Gasteiger partial charge in [-0.3, -0.25) is 9.48 Å². The van der Waals surface area contributed by atoms with Gasteiger partial charge in [0, 0.05) is 12.7 Å². The van der Waals surface area contributed by atoms with E-state index in [9.17, 15) is 4.79 Å². The molecule has 1 amide bonds. The summed E-state index contributed by atoms with van der Waals surface area (Å²) in [7, 11) is 0. The van der Waals surface area contributed by atoms with E-state index >= 15 is 0 Å². The summed E-state index contributed by atoms with van der Waals surface area (Å²) in [5, 5.41) is 11.6. The van der Waals surface area contributed by atoms with Gasteiger partial charge in [-0.15, -0.1) is 0 Å². The molecule has 3 heterocycles. The number of nitrogens with zero attached hydrogens (tertiary/aromatic N) is 4. The third-order valence-corrected chi connectivity index (χ3v) is 6.78. The monoisotopic (exact) mass is 481 g/mol. The molecule has 0 radical (unpaired) electrons. The number of aromatic nitrogens is 4. The number of halogens is 1. The van der Waals surface area contributed by atoms with Crippen molar-refractivity contribution in [1.29, 1.82) is 0 Å². The smallest absolute Gasteiger partial charge is 0.228 e. The first-order valence-corrected chi connectivity index (χ1v) is 12.3. The molecule has 2 fully saturated rings. The van der Waals surface area contributed by atoms with Gasteiger partial charge in [0.15, 0.2) is 0 Å². The molecule has 1 atom stereocenters. The number of rotatable bonds is 8. The number of carbonyl (C=O) groups is 1. The Morgan fingerprint density at radius 3 is 2.76 bits per heavy atom. The molecule has 0 spiro atoms. The fraction of sp³-hybridized carbons (Fsp3) is 0.440. The van der Waals surface area contributed by atoms with E-state index in [2.05, 4.69) is 31.8 Å². The van der Waals surface area contributed by atoms with Crippen LogP contribution in [-0.2, 0) is 23.1 Å². The van der Waals surface area contributed by atoms with Crippen molar-refractivity contribution < 1.29 is 4.79 Å². The number of benzene rings is 1. The standard InChI is InChI=1S/C23H26ClN7O.C2H6/c24-19-13-27-22(29-16-11-28-31(14-16)17-7-10-26-12-17)30-20(19)6-5-15-3-1-2-4-18(15)23(8-9-23)21(25)32;1-2/h1-4,11,13-14,17,26H,5-10,12H2,(H2,25,32)(H,27,29,30);1-2H3. The molecule has 1 saturated carbocycles. The Kier molecular flexibility index (Phi) is 7.48. The van der Waals surface area contributed by atoms with Crippen molar-refractivity contribution in [1.82, 2.24) is 25.1 Å². The quantitative estimate of drug-likeness (QED) is 0.449. The Morgan fingerprint density at radius 1 is 1.26 bits per heavy atom. The highest BCUT2D eigenvalue weighted by Gasteiger charge is 2.50. The highest BCUT2D eigenvalue weighted by molar-refractivity contribution is 6.31. The number of anilines is 2. The molecule has 1 aliphatic heterocycles. The molecule has 1 aromatic carbocycles. The van der Waals surface area contributed by atoms with Crippen molar-refractivity contribution in [2.45, 2.75) is 57.4 Å². The first-order chi connectivity index (χ1) is 16.5. The Morgan fingerprint density at radius 2 is 2.06 bits per heavy atom. The lowest BCUT2D eigenvalue weighted by Crippen LogP contribution is -2.29.